The van der Waals surface area contributed by atoms with E-state index in [4.69, 9.17) is 0 Å². The minimum Gasteiger partial charge on any atom is -0.211 e. The first-order valence-corrected chi connectivity index (χ1v) is 4.20. The topological polar surface area (TPSA) is 58.9 Å². The van der Waals surface area contributed by atoms with Gasteiger partial charge in [-0.3, -0.25) is 0 Å². The molecule has 1 aliphatic carbocycles. The SMILES string of the molecule is CC1C(N=C=O)=CC=CC1(C)N=C=O. The molecule has 72 valence electrons. The van der Waals surface area contributed by atoms with Crippen molar-refractivity contribution in [1.82, 2.24) is 0 Å². The highest BCUT2D eigenvalue weighted by atomic mass is 16.1. The zero-order chi connectivity index (χ0) is 10.6. The maximum Gasteiger partial charge on any atom is 0.240 e. The molecule has 0 radical (unpaired) electrons. The van der Waals surface area contributed by atoms with E-state index in [1.807, 2.05) is 6.92 Å². The number of nitrogens with zero attached hydrogens (tertiary/aromatic N) is 2. The molecule has 4 heteroatoms. The van der Waals surface area contributed by atoms with Crippen LogP contribution in [0.5, 0.6) is 0 Å². The average molecular weight is 190 g/mol. The zero-order valence-corrected chi connectivity index (χ0v) is 8.02. The maximum atomic E-state index is 10.2. The molecule has 14 heavy (non-hydrogen) atoms. The lowest BCUT2D eigenvalue weighted by molar-refractivity contribution is 0.429. The van der Waals surface area contributed by atoms with Crippen molar-refractivity contribution < 1.29 is 9.59 Å². The number of hydrogen-bond acceptors (Lipinski definition) is 4. The first-order valence-electron chi connectivity index (χ1n) is 4.20. The molecule has 0 N–H and O–H groups in total. The van der Waals surface area contributed by atoms with Crippen LogP contribution in [0.1, 0.15) is 13.8 Å². The van der Waals surface area contributed by atoms with Crippen LogP contribution in [-0.4, -0.2) is 17.7 Å². The molecule has 0 amide bonds. The van der Waals surface area contributed by atoms with Gasteiger partial charge in [-0.25, -0.2) is 9.59 Å². The fraction of sp³-hybridized carbons (Fsp3) is 0.400. The van der Waals surface area contributed by atoms with E-state index < -0.39 is 5.54 Å². The Morgan fingerprint density at radius 2 is 2.14 bits per heavy atom. The molecule has 0 aromatic rings. The lowest BCUT2D eigenvalue weighted by Gasteiger charge is -2.29. The average Bonchev–Trinajstić information content (AvgIpc) is 2.14. The van der Waals surface area contributed by atoms with E-state index in [-0.39, 0.29) is 5.92 Å². The number of aliphatic imine (C=N–C) groups is 2. The summed E-state index contributed by atoms with van der Waals surface area (Å²) in [5.41, 5.74) is -0.0874. The summed E-state index contributed by atoms with van der Waals surface area (Å²) >= 11 is 0. The normalized spacial score (nSPS) is 29.9. The molecule has 0 aromatic heterocycles. The summed E-state index contributed by atoms with van der Waals surface area (Å²) in [6.45, 7) is 3.63. The van der Waals surface area contributed by atoms with Crippen LogP contribution in [-0.2, 0) is 9.59 Å². The van der Waals surface area contributed by atoms with Crippen molar-refractivity contribution in [1.29, 1.82) is 0 Å². The molecule has 0 aliphatic heterocycles. The summed E-state index contributed by atoms with van der Waals surface area (Å²) in [4.78, 5) is 27.6. The van der Waals surface area contributed by atoms with Gasteiger partial charge in [-0.2, -0.15) is 9.98 Å². The molecule has 0 heterocycles. The first kappa shape index (κ1) is 10.3. The van der Waals surface area contributed by atoms with Crippen molar-refractivity contribution >= 4 is 12.2 Å². The van der Waals surface area contributed by atoms with Gasteiger partial charge >= 0.3 is 0 Å². The van der Waals surface area contributed by atoms with E-state index in [1.54, 1.807) is 25.2 Å². The van der Waals surface area contributed by atoms with E-state index in [2.05, 4.69) is 9.98 Å². The number of allylic oxidation sites excluding steroid dienone is 2. The van der Waals surface area contributed by atoms with Crippen molar-refractivity contribution in [3.8, 4) is 0 Å². The Hall–Kier alpha value is -1.76. The molecule has 0 spiro atoms. The molecule has 0 saturated carbocycles. The number of hydrogen-bond donors (Lipinski definition) is 0. The highest BCUT2D eigenvalue weighted by Crippen LogP contribution is 2.32. The quantitative estimate of drug-likeness (QED) is 0.489. The Labute approximate surface area is 81.8 Å². The van der Waals surface area contributed by atoms with Gasteiger partial charge in [-0.15, -0.1) is 0 Å². The van der Waals surface area contributed by atoms with Gasteiger partial charge in [0.2, 0.25) is 12.2 Å². The predicted molar refractivity (Wildman–Crippen MR) is 51.0 cm³/mol. The molecule has 0 aromatic carbocycles. The molecular formula is C10H10N2O2. The Balaban J connectivity index is 3.10. The summed E-state index contributed by atoms with van der Waals surface area (Å²) in [5.74, 6) is -0.129. The number of carbonyl (C=O) groups excluding carboxylic acids is 2. The van der Waals surface area contributed by atoms with Crippen LogP contribution in [0, 0.1) is 5.92 Å². The van der Waals surface area contributed by atoms with Crippen LogP contribution in [0.4, 0.5) is 0 Å². The summed E-state index contributed by atoms with van der Waals surface area (Å²) in [5, 5.41) is 0. The van der Waals surface area contributed by atoms with Gasteiger partial charge in [0, 0.05) is 5.92 Å². The van der Waals surface area contributed by atoms with Crippen molar-refractivity contribution in [2.24, 2.45) is 15.9 Å². The lowest BCUT2D eigenvalue weighted by atomic mass is 9.82. The molecular weight excluding hydrogens is 180 g/mol. The van der Waals surface area contributed by atoms with Gasteiger partial charge in [0.1, 0.15) is 0 Å². The molecule has 2 unspecified atom stereocenters. The Bertz CT molecular complexity index is 385. The monoisotopic (exact) mass is 190 g/mol. The van der Waals surface area contributed by atoms with E-state index in [9.17, 15) is 9.59 Å². The number of rotatable bonds is 2. The number of isocyanates is 2. The zero-order valence-electron chi connectivity index (χ0n) is 8.02. The third-order valence-corrected chi connectivity index (χ3v) is 2.48. The van der Waals surface area contributed by atoms with Gasteiger partial charge < -0.3 is 0 Å². The van der Waals surface area contributed by atoms with Crippen LogP contribution in [0.15, 0.2) is 33.9 Å². The standard InChI is InChI=1S/C10H10N2O2/c1-8-9(11-6-13)4-3-5-10(8,2)12-7-14/h3-5,8H,1-2H3. The Morgan fingerprint density at radius 3 is 2.71 bits per heavy atom. The van der Waals surface area contributed by atoms with Crippen molar-refractivity contribution in [2.45, 2.75) is 19.4 Å². The first-order chi connectivity index (χ1) is 6.64. The fourth-order valence-corrected chi connectivity index (χ4v) is 1.35. The van der Waals surface area contributed by atoms with Gasteiger partial charge in [-0.05, 0) is 13.0 Å². The third kappa shape index (κ3) is 1.77. The Morgan fingerprint density at radius 1 is 1.43 bits per heavy atom. The van der Waals surface area contributed by atoms with Crippen LogP contribution in [0.3, 0.4) is 0 Å². The molecule has 4 nitrogen and oxygen atoms in total. The molecule has 0 fully saturated rings. The van der Waals surface area contributed by atoms with E-state index >= 15 is 0 Å². The maximum absolute atomic E-state index is 10.2. The van der Waals surface area contributed by atoms with Crippen molar-refractivity contribution in [3.63, 3.8) is 0 Å². The molecule has 0 saturated heterocycles. The summed E-state index contributed by atoms with van der Waals surface area (Å²) < 4.78 is 0. The second kappa shape index (κ2) is 3.97. The van der Waals surface area contributed by atoms with Crippen molar-refractivity contribution in [2.75, 3.05) is 0 Å². The minimum absolute atomic E-state index is 0.129. The predicted octanol–water partition coefficient (Wildman–Crippen LogP) is 1.51. The van der Waals surface area contributed by atoms with Crippen LogP contribution in [0.25, 0.3) is 0 Å². The smallest absolute Gasteiger partial charge is 0.211 e. The lowest BCUT2D eigenvalue weighted by Crippen LogP contribution is -2.31. The summed E-state index contributed by atoms with van der Waals surface area (Å²) in [7, 11) is 0. The highest BCUT2D eigenvalue weighted by Gasteiger charge is 2.32. The van der Waals surface area contributed by atoms with Crippen LogP contribution in [0.2, 0.25) is 0 Å². The largest absolute Gasteiger partial charge is 0.240 e. The van der Waals surface area contributed by atoms with Crippen LogP contribution < -0.4 is 0 Å². The molecule has 0 bridgehead atoms. The second-order valence-corrected chi connectivity index (χ2v) is 3.30. The Kier molecular flexibility index (Phi) is 2.92. The minimum atomic E-state index is -0.661. The van der Waals surface area contributed by atoms with Crippen LogP contribution >= 0.6 is 0 Å². The van der Waals surface area contributed by atoms with E-state index in [0.717, 1.165) is 0 Å². The molecule has 1 aliphatic rings. The third-order valence-electron chi connectivity index (χ3n) is 2.48. The van der Waals surface area contributed by atoms with Gasteiger partial charge in [-0.1, -0.05) is 19.1 Å². The van der Waals surface area contributed by atoms with Gasteiger partial charge in [0.05, 0.1) is 11.2 Å². The summed E-state index contributed by atoms with van der Waals surface area (Å²) in [6.07, 6.45) is 8.22. The molecule has 1 rings (SSSR count). The van der Waals surface area contributed by atoms with Crippen molar-refractivity contribution in [3.05, 3.63) is 23.9 Å². The highest BCUT2D eigenvalue weighted by molar-refractivity contribution is 5.43. The van der Waals surface area contributed by atoms with E-state index in [0.29, 0.717) is 5.70 Å². The second-order valence-electron chi connectivity index (χ2n) is 3.30. The van der Waals surface area contributed by atoms with Gasteiger partial charge in [0.15, 0.2) is 0 Å². The molecule has 2 atom stereocenters. The van der Waals surface area contributed by atoms with E-state index in [1.165, 1.54) is 12.2 Å². The van der Waals surface area contributed by atoms with Gasteiger partial charge in [0.25, 0.3) is 0 Å². The fourth-order valence-electron chi connectivity index (χ4n) is 1.35. The summed E-state index contributed by atoms with van der Waals surface area (Å²) in [6, 6.07) is 0.